The average molecular weight is 124 g/mol. The van der Waals surface area contributed by atoms with Gasteiger partial charge in [-0.3, -0.25) is 0 Å². The molecule has 4 unspecified atom stereocenters. The number of hydrogen-bond donors (Lipinski definition) is 0. The van der Waals surface area contributed by atoms with Crippen LogP contribution in [0.1, 0.15) is 33.1 Å². The molecule has 0 heterocycles. The van der Waals surface area contributed by atoms with Gasteiger partial charge in [-0.2, -0.15) is 0 Å². The first-order valence-electron chi connectivity index (χ1n) is 4.45. The molecule has 0 N–H and O–H groups in total. The second kappa shape index (κ2) is 1.74. The average Bonchev–Trinajstić information content (AvgIpc) is 2.77. The van der Waals surface area contributed by atoms with Gasteiger partial charge in [-0.05, 0) is 42.9 Å². The Morgan fingerprint density at radius 2 is 1.22 bits per heavy atom. The predicted octanol–water partition coefficient (Wildman–Crippen LogP) is 2.69. The Labute approximate surface area is 57.6 Å². The fraction of sp³-hybridized carbons (Fsp3) is 1.00. The molecule has 0 heteroatoms. The molecule has 0 aliphatic heterocycles. The highest BCUT2D eigenvalue weighted by atomic mass is 14.7. The molecule has 9 heavy (non-hydrogen) atoms. The van der Waals surface area contributed by atoms with Crippen LogP contribution >= 0.6 is 0 Å². The van der Waals surface area contributed by atoms with Crippen molar-refractivity contribution in [1.82, 2.24) is 0 Å². The van der Waals surface area contributed by atoms with Gasteiger partial charge in [-0.15, -0.1) is 0 Å². The van der Waals surface area contributed by atoms with Crippen LogP contribution in [0.3, 0.4) is 0 Å². The van der Waals surface area contributed by atoms with Gasteiger partial charge in [-0.25, -0.2) is 0 Å². The molecule has 0 radical (unpaired) electrons. The highest BCUT2D eigenvalue weighted by Gasteiger charge is 2.60. The lowest BCUT2D eigenvalue weighted by atomic mass is 10.2. The standard InChI is InChI=1S/C7H10.C2H6/c1-4-2-6(4)7-3-5(1)7;1-2/h4-7H,1-3H2;1-2H3. The molecule has 3 aliphatic carbocycles. The van der Waals surface area contributed by atoms with Crippen LogP contribution in [-0.4, -0.2) is 0 Å². The first-order valence-corrected chi connectivity index (χ1v) is 4.45. The van der Waals surface area contributed by atoms with E-state index in [0.29, 0.717) is 0 Å². The zero-order valence-electron chi connectivity index (χ0n) is 6.43. The van der Waals surface area contributed by atoms with Crippen LogP contribution in [0.5, 0.6) is 0 Å². The third-order valence-corrected chi connectivity index (χ3v) is 3.11. The van der Waals surface area contributed by atoms with Crippen molar-refractivity contribution in [1.29, 1.82) is 0 Å². The van der Waals surface area contributed by atoms with Crippen LogP contribution in [0.2, 0.25) is 0 Å². The molecular formula is C9H16. The van der Waals surface area contributed by atoms with Gasteiger partial charge in [0.2, 0.25) is 0 Å². The topological polar surface area (TPSA) is 0 Å². The van der Waals surface area contributed by atoms with Crippen molar-refractivity contribution in [3.05, 3.63) is 0 Å². The lowest BCUT2D eigenvalue weighted by Crippen LogP contribution is -1.72. The Kier molecular flexibility index (Phi) is 1.12. The minimum absolute atomic E-state index is 1.24. The van der Waals surface area contributed by atoms with Crippen molar-refractivity contribution in [3.8, 4) is 0 Å². The van der Waals surface area contributed by atoms with E-state index in [9.17, 15) is 0 Å². The molecule has 0 amide bonds. The van der Waals surface area contributed by atoms with E-state index in [1.54, 1.807) is 19.3 Å². The smallest absolute Gasteiger partial charge is 0.0352 e. The molecule has 0 nitrogen and oxygen atoms in total. The van der Waals surface area contributed by atoms with Gasteiger partial charge in [0.05, 0.1) is 0 Å². The molecule has 3 saturated carbocycles. The zero-order valence-corrected chi connectivity index (χ0v) is 6.43. The summed E-state index contributed by atoms with van der Waals surface area (Å²) in [6.45, 7) is 4.00. The Morgan fingerprint density at radius 1 is 0.778 bits per heavy atom. The van der Waals surface area contributed by atoms with Crippen LogP contribution < -0.4 is 0 Å². The lowest BCUT2D eigenvalue weighted by molar-refractivity contribution is 0.689. The van der Waals surface area contributed by atoms with Gasteiger partial charge in [-0.1, -0.05) is 13.8 Å². The Balaban J connectivity index is 0.000000155. The minimum atomic E-state index is 1.24. The quantitative estimate of drug-likeness (QED) is 0.465. The molecule has 0 bridgehead atoms. The van der Waals surface area contributed by atoms with Crippen LogP contribution in [-0.2, 0) is 0 Å². The van der Waals surface area contributed by atoms with Crippen molar-refractivity contribution in [2.45, 2.75) is 33.1 Å². The van der Waals surface area contributed by atoms with E-state index in [0.717, 1.165) is 0 Å². The van der Waals surface area contributed by atoms with E-state index < -0.39 is 0 Å². The van der Waals surface area contributed by atoms with Crippen molar-refractivity contribution < 1.29 is 0 Å². The van der Waals surface area contributed by atoms with E-state index in [1.807, 2.05) is 13.8 Å². The summed E-state index contributed by atoms with van der Waals surface area (Å²) >= 11 is 0. The minimum Gasteiger partial charge on any atom is -0.0683 e. The van der Waals surface area contributed by atoms with Gasteiger partial charge in [0.15, 0.2) is 0 Å². The third-order valence-electron chi connectivity index (χ3n) is 3.11. The van der Waals surface area contributed by atoms with Crippen LogP contribution in [0.15, 0.2) is 0 Å². The summed E-state index contributed by atoms with van der Waals surface area (Å²) in [7, 11) is 0. The van der Waals surface area contributed by atoms with Crippen LogP contribution in [0, 0.1) is 23.7 Å². The molecule has 3 rings (SSSR count). The van der Waals surface area contributed by atoms with Crippen LogP contribution in [0.4, 0.5) is 0 Å². The Hall–Kier alpha value is 0. The van der Waals surface area contributed by atoms with E-state index >= 15 is 0 Å². The summed E-state index contributed by atoms with van der Waals surface area (Å²) in [6.07, 6.45) is 4.84. The summed E-state index contributed by atoms with van der Waals surface area (Å²) in [6, 6.07) is 0. The Morgan fingerprint density at radius 3 is 1.44 bits per heavy atom. The molecule has 0 aromatic heterocycles. The maximum atomic E-state index is 2.00. The maximum absolute atomic E-state index is 2.00. The molecule has 0 spiro atoms. The largest absolute Gasteiger partial charge is 0.0683 e. The molecule has 0 saturated heterocycles. The number of fused-ring (bicyclic) bond motifs is 3. The first kappa shape index (κ1) is 5.76. The monoisotopic (exact) mass is 124 g/mol. The molecule has 52 valence electrons. The zero-order chi connectivity index (χ0) is 6.43. The van der Waals surface area contributed by atoms with Gasteiger partial charge in [0, 0.05) is 0 Å². The highest BCUT2D eigenvalue weighted by molar-refractivity contribution is 5.10. The van der Waals surface area contributed by atoms with Crippen molar-refractivity contribution in [2.75, 3.05) is 0 Å². The van der Waals surface area contributed by atoms with Crippen LogP contribution in [0.25, 0.3) is 0 Å². The SMILES string of the molecule is C1C2CC2C2CC12.CC. The number of rotatable bonds is 0. The van der Waals surface area contributed by atoms with E-state index in [1.165, 1.54) is 23.7 Å². The molecule has 3 aliphatic rings. The summed E-state index contributed by atoms with van der Waals surface area (Å²) < 4.78 is 0. The second-order valence-electron chi connectivity index (χ2n) is 3.55. The molecule has 3 fully saturated rings. The Bertz CT molecular complexity index is 103. The van der Waals surface area contributed by atoms with Crippen molar-refractivity contribution >= 4 is 0 Å². The molecule has 0 aromatic rings. The van der Waals surface area contributed by atoms with E-state index in [2.05, 4.69) is 0 Å². The van der Waals surface area contributed by atoms with Crippen molar-refractivity contribution in [3.63, 3.8) is 0 Å². The summed E-state index contributed by atoms with van der Waals surface area (Å²) in [5, 5.41) is 0. The third kappa shape index (κ3) is 0.720. The van der Waals surface area contributed by atoms with Gasteiger partial charge in [0.25, 0.3) is 0 Å². The molecular weight excluding hydrogens is 108 g/mol. The molecule has 0 aromatic carbocycles. The first-order chi connectivity index (χ1) is 4.45. The summed E-state index contributed by atoms with van der Waals surface area (Å²) in [5.74, 6) is 4.99. The predicted molar refractivity (Wildman–Crippen MR) is 39.2 cm³/mol. The maximum Gasteiger partial charge on any atom is -0.0352 e. The summed E-state index contributed by atoms with van der Waals surface area (Å²) in [4.78, 5) is 0. The fourth-order valence-electron chi connectivity index (χ4n) is 2.52. The van der Waals surface area contributed by atoms with E-state index in [-0.39, 0.29) is 0 Å². The van der Waals surface area contributed by atoms with Gasteiger partial charge >= 0.3 is 0 Å². The molecule has 4 atom stereocenters. The summed E-state index contributed by atoms with van der Waals surface area (Å²) in [5.41, 5.74) is 0. The number of hydrogen-bond acceptors (Lipinski definition) is 0. The van der Waals surface area contributed by atoms with Crippen molar-refractivity contribution in [2.24, 2.45) is 23.7 Å². The normalized spacial score (nSPS) is 56.7. The highest BCUT2D eigenvalue weighted by Crippen LogP contribution is 2.69. The van der Waals surface area contributed by atoms with Gasteiger partial charge < -0.3 is 0 Å². The van der Waals surface area contributed by atoms with Gasteiger partial charge in [0.1, 0.15) is 0 Å². The lowest BCUT2D eigenvalue weighted by Gasteiger charge is -1.82. The van der Waals surface area contributed by atoms with E-state index in [4.69, 9.17) is 0 Å². The second-order valence-corrected chi connectivity index (χ2v) is 3.55. The fourth-order valence-corrected chi connectivity index (χ4v) is 2.52.